The first-order chi connectivity index (χ1) is 16.9. The number of benzene rings is 3. The van der Waals surface area contributed by atoms with Crippen LogP contribution in [0.1, 0.15) is 41.4 Å². The quantitative estimate of drug-likeness (QED) is 0.112. The lowest BCUT2D eigenvalue weighted by Crippen LogP contribution is -2.51. The van der Waals surface area contributed by atoms with Crippen LogP contribution in [0.15, 0.2) is 64.8 Å². The summed E-state index contributed by atoms with van der Waals surface area (Å²) < 4.78 is 2.35. The van der Waals surface area contributed by atoms with Crippen molar-refractivity contribution in [2.24, 2.45) is 0 Å². The molecule has 184 valence electrons. The summed E-state index contributed by atoms with van der Waals surface area (Å²) in [6, 6.07) is 10.6. The second-order valence-corrected chi connectivity index (χ2v) is 12.3. The second-order valence-electron chi connectivity index (χ2n) is 7.35. The van der Waals surface area contributed by atoms with Crippen molar-refractivity contribution in [3.8, 4) is 0 Å². The molecule has 4 rings (SSSR count). The third-order valence-corrected chi connectivity index (χ3v) is 11.0. The summed E-state index contributed by atoms with van der Waals surface area (Å²) in [6.45, 7) is -0.609. The van der Waals surface area contributed by atoms with Gasteiger partial charge in [0.25, 0.3) is 17.7 Å². The lowest BCUT2D eigenvalue weighted by atomic mass is 10.1. The first-order valence-electron chi connectivity index (χ1n) is 9.74. The molecule has 1 aliphatic heterocycles. The molecule has 0 aliphatic carbocycles. The topological polar surface area (TPSA) is 74.8 Å². The molecule has 0 radical (unpaired) electrons. The number of rotatable bonds is 5. The average molecular weight is 848 g/mol. The fourth-order valence-corrected chi connectivity index (χ4v) is 6.67. The number of carbonyl (C=O) groups is 4. The number of carbonyl (C=O) groups excluding carboxylic acids is 4. The Kier molecular flexibility index (Phi) is 8.50. The van der Waals surface area contributed by atoms with E-state index in [4.69, 9.17) is 23.2 Å². The van der Waals surface area contributed by atoms with Crippen LogP contribution in [0, 0.1) is 0 Å². The molecule has 1 aliphatic rings. The average Bonchev–Trinajstić information content (AvgIpc) is 3.09. The molecule has 0 bridgehead atoms. The van der Waals surface area contributed by atoms with Crippen LogP contribution in [-0.2, 0) is 0 Å². The van der Waals surface area contributed by atoms with E-state index in [1.165, 1.54) is 18.2 Å². The monoisotopic (exact) mass is 842 g/mol. The Labute approximate surface area is 256 Å². The summed E-state index contributed by atoms with van der Waals surface area (Å²) in [5, 5.41) is 1.74. The highest BCUT2D eigenvalue weighted by Gasteiger charge is 2.46. The van der Waals surface area contributed by atoms with E-state index in [9.17, 15) is 19.2 Å². The molecule has 1 heterocycles. The number of halogens is 7. The van der Waals surface area contributed by atoms with Gasteiger partial charge in [-0.2, -0.15) is 5.01 Å². The lowest BCUT2D eigenvalue weighted by molar-refractivity contribution is 0.00527. The predicted octanol–water partition coefficient (Wildman–Crippen LogP) is 8.34. The third-order valence-electron chi connectivity index (χ3n) is 5.18. The van der Waals surface area contributed by atoms with Crippen LogP contribution < -0.4 is 0 Å². The molecule has 0 atom stereocenters. The van der Waals surface area contributed by atoms with Crippen LogP contribution in [0.25, 0.3) is 0 Å². The second kappa shape index (κ2) is 11.0. The Morgan fingerprint density at radius 3 is 1.81 bits per heavy atom. The van der Waals surface area contributed by atoms with Crippen LogP contribution in [0.5, 0.6) is 0 Å². The molecule has 0 N–H and O–H groups in total. The van der Waals surface area contributed by atoms with E-state index in [0.717, 1.165) is 9.48 Å². The van der Waals surface area contributed by atoms with Gasteiger partial charge in [-0.25, -0.2) is 5.01 Å². The Morgan fingerprint density at radius 2 is 1.31 bits per heavy atom. The SMILES string of the molecule is O=C(CN(C(=O)c1ccc(Cl)cc1Cl)N1C(=O)c2c(Br)c(Br)c(Br)c(Br)c2C1=O)c1ccc(Br)cc1. The van der Waals surface area contributed by atoms with Gasteiger partial charge in [0, 0.05) is 32.9 Å². The van der Waals surface area contributed by atoms with Crippen molar-refractivity contribution in [1.29, 1.82) is 0 Å². The molecular weight excluding hydrogens is 839 g/mol. The lowest BCUT2D eigenvalue weighted by Gasteiger charge is -2.29. The van der Waals surface area contributed by atoms with Crippen molar-refractivity contribution in [3.05, 3.63) is 97.1 Å². The van der Waals surface area contributed by atoms with Gasteiger partial charge < -0.3 is 0 Å². The van der Waals surface area contributed by atoms with Gasteiger partial charge in [-0.1, -0.05) is 51.3 Å². The molecule has 0 aromatic heterocycles. The summed E-state index contributed by atoms with van der Waals surface area (Å²) >= 11 is 29.0. The molecule has 3 amide bonds. The number of imide groups is 1. The Balaban J connectivity index is 1.84. The number of Topliss-reactive ketones (excluding diaryl/α,β-unsaturated/α-hetero) is 1. The first-order valence-corrected chi connectivity index (χ1v) is 14.5. The summed E-state index contributed by atoms with van der Waals surface area (Å²) in [4.78, 5) is 54.0. The van der Waals surface area contributed by atoms with Gasteiger partial charge in [-0.3, -0.25) is 19.2 Å². The van der Waals surface area contributed by atoms with Gasteiger partial charge >= 0.3 is 0 Å². The van der Waals surface area contributed by atoms with E-state index >= 15 is 0 Å². The molecule has 0 spiro atoms. The maximum absolute atomic E-state index is 13.7. The summed E-state index contributed by atoms with van der Waals surface area (Å²) in [7, 11) is 0. The van der Waals surface area contributed by atoms with Crippen LogP contribution in [0.3, 0.4) is 0 Å². The Bertz CT molecular complexity index is 1430. The highest BCUT2D eigenvalue weighted by Crippen LogP contribution is 2.45. The van der Waals surface area contributed by atoms with E-state index < -0.39 is 30.0 Å². The summed E-state index contributed by atoms with van der Waals surface area (Å²) in [6.07, 6.45) is 0. The van der Waals surface area contributed by atoms with Crippen molar-refractivity contribution >= 4 is 126 Å². The van der Waals surface area contributed by atoms with Crippen molar-refractivity contribution in [2.75, 3.05) is 6.54 Å². The van der Waals surface area contributed by atoms with Gasteiger partial charge in [-0.05, 0) is 94.1 Å². The molecule has 0 saturated heterocycles. The van der Waals surface area contributed by atoms with Crippen molar-refractivity contribution in [2.45, 2.75) is 0 Å². The third kappa shape index (κ3) is 5.00. The highest BCUT2D eigenvalue weighted by molar-refractivity contribution is 9.15. The van der Waals surface area contributed by atoms with Gasteiger partial charge in [0.05, 0.1) is 21.7 Å². The van der Waals surface area contributed by atoms with Crippen molar-refractivity contribution in [3.63, 3.8) is 0 Å². The zero-order valence-electron chi connectivity index (χ0n) is 17.4. The molecule has 6 nitrogen and oxygen atoms in total. The molecule has 0 saturated carbocycles. The van der Waals surface area contributed by atoms with E-state index in [-0.39, 0.29) is 32.3 Å². The summed E-state index contributed by atoms with van der Waals surface area (Å²) in [5.74, 6) is -2.92. The number of fused-ring (bicyclic) bond motifs is 1. The van der Waals surface area contributed by atoms with Gasteiger partial charge in [0.15, 0.2) is 5.78 Å². The van der Waals surface area contributed by atoms with E-state index in [1.807, 2.05) is 0 Å². The molecule has 3 aromatic rings. The highest BCUT2D eigenvalue weighted by atomic mass is 79.9. The van der Waals surface area contributed by atoms with Gasteiger partial charge in [0.1, 0.15) is 6.54 Å². The minimum atomic E-state index is -0.831. The number of ketones is 1. The van der Waals surface area contributed by atoms with E-state index in [1.54, 1.807) is 24.3 Å². The van der Waals surface area contributed by atoms with Crippen LogP contribution in [0.2, 0.25) is 10.0 Å². The standard InChI is InChI=1S/C23H9Br5Cl2N2O4/c24-10-3-1-9(2-4-10)14(33)8-31(21(34)12-6-5-11(29)7-13(12)30)32-22(35)15-16(23(32)36)18(26)20(28)19(27)17(15)25/h1-7H,8H2. The van der Waals surface area contributed by atoms with Crippen molar-refractivity contribution in [1.82, 2.24) is 10.0 Å². The van der Waals surface area contributed by atoms with Gasteiger partial charge in [-0.15, -0.1) is 0 Å². The van der Waals surface area contributed by atoms with E-state index in [0.29, 0.717) is 22.9 Å². The fraction of sp³-hybridized carbons (Fsp3) is 0.0435. The van der Waals surface area contributed by atoms with Crippen molar-refractivity contribution < 1.29 is 19.2 Å². The molecule has 0 fully saturated rings. The van der Waals surface area contributed by atoms with Crippen LogP contribution >= 0.6 is 103 Å². The first kappa shape index (κ1) is 27.9. The number of nitrogens with zero attached hydrogens (tertiary/aromatic N) is 2. The number of hydrogen-bond donors (Lipinski definition) is 0. The molecule has 3 aromatic carbocycles. The minimum Gasteiger partial charge on any atom is -0.292 e. The van der Waals surface area contributed by atoms with Crippen LogP contribution in [0.4, 0.5) is 0 Å². The number of hydrogen-bond acceptors (Lipinski definition) is 4. The molecule has 36 heavy (non-hydrogen) atoms. The van der Waals surface area contributed by atoms with E-state index in [2.05, 4.69) is 79.6 Å². The maximum Gasteiger partial charge on any atom is 0.282 e. The fourth-order valence-electron chi connectivity index (χ4n) is 3.46. The Morgan fingerprint density at radius 1 is 0.778 bits per heavy atom. The normalized spacial score (nSPS) is 12.7. The Hall–Kier alpha value is -1.08. The number of amides is 3. The van der Waals surface area contributed by atoms with Gasteiger partial charge in [0.2, 0.25) is 0 Å². The molecule has 13 heteroatoms. The zero-order valence-corrected chi connectivity index (χ0v) is 26.9. The maximum atomic E-state index is 13.7. The largest absolute Gasteiger partial charge is 0.292 e. The molecule has 0 unspecified atom stereocenters. The molecular formula is C23H9Br5Cl2N2O4. The predicted molar refractivity (Wildman–Crippen MR) is 154 cm³/mol. The van der Waals surface area contributed by atoms with Crippen LogP contribution in [-0.4, -0.2) is 40.1 Å². The number of hydrazine groups is 1. The summed E-state index contributed by atoms with van der Waals surface area (Å²) in [5.41, 5.74) is 0.292. The smallest absolute Gasteiger partial charge is 0.282 e. The minimum absolute atomic E-state index is 0.00181. The zero-order chi connectivity index (χ0) is 26.5.